The summed E-state index contributed by atoms with van der Waals surface area (Å²) < 4.78 is 31.5. The van der Waals surface area contributed by atoms with Gasteiger partial charge in [-0.2, -0.15) is 20.3 Å². The molecule has 5 N–H and O–H groups in total. The Morgan fingerprint density at radius 3 is 1.04 bits per heavy atom. The van der Waals surface area contributed by atoms with Gasteiger partial charge >= 0.3 is 30.2 Å². The zero-order valence-corrected chi connectivity index (χ0v) is 48.0. The average molecular weight is 1200 g/mol. The van der Waals surface area contributed by atoms with Crippen molar-refractivity contribution in [2.75, 3.05) is 140 Å². The van der Waals surface area contributed by atoms with Crippen molar-refractivity contribution in [3.05, 3.63) is 0 Å². The van der Waals surface area contributed by atoms with Gasteiger partial charge in [-0.3, -0.25) is 57.9 Å². The van der Waals surface area contributed by atoms with Crippen LogP contribution in [0.2, 0.25) is 0 Å². The van der Waals surface area contributed by atoms with Crippen LogP contribution in [-0.2, 0) is 77.2 Å². The Morgan fingerprint density at radius 2 is 0.768 bits per heavy atom. The molecule has 0 aliphatic carbocycles. The average Bonchev–Trinajstić information content (AvgIpc) is 4.43. The molecule has 0 saturated carbocycles. The summed E-state index contributed by atoms with van der Waals surface area (Å²) in [5.41, 5.74) is 9.28. The van der Waals surface area contributed by atoms with Crippen molar-refractivity contribution in [2.24, 2.45) is 0 Å². The number of urea groups is 5. The van der Waals surface area contributed by atoms with Crippen molar-refractivity contribution >= 4 is 63.6 Å². The Morgan fingerprint density at radius 1 is 0.463 bits per heavy atom. The third-order valence-electron chi connectivity index (χ3n) is 14.7. The Hall–Kier alpha value is -6.22. The van der Waals surface area contributed by atoms with Crippen LogP contribution in [0, 0.1) is 0 Å². The molecule has 9 fully saturated rings. The maximum atomic E-state index is 12.2. The lowest BCUT2D eigenvalue weighted by molar-refractivity contribution is -0.140. The number of fused-ring (bicyclic) bond motifs is 8. The lowest BCUT2D eigenvalue weighted by Gasteiger charge is -2.29. The molecule has 8 bridgehead atoms. The van der Waals surface area contributed by atoms with Crippen molar-refractivity contribution in [3.63, 3.8) is 0 Å². The highest BCUT2D eigenvalue weighted by molar-refractivity contribution is 7.90. The number of hydrogen-bond donors (Lipinski definition) is 5. The maximum Gasteiger partial charge on any atom is 0.345 e. The van der Waals surface area contributed by atoms with Crippen molar-refractivity contribution in [1.82, 2.24) is 72.0 Å². The van der Waals surface area contributed by atoms with E-state index in [1.54, 1.807) is 19.1 Å². The van der Waals surface area contributed by atoms with Crippen molar-refractivity contribution in [2.45, 2.75) is 99.7 Å². The minimum Gasteiger partial charge on any atom is -0.382 e. The van der Waals surface area contributed by atoms with Crippen LogP contribution in [-0.4, -0.2) is 295 Å². The van der Waals surface area contributed by atoms with Crippen molar-refractivity contribution < 1.29 is 99.7 Å². The Bertz CT molecular complexity index is 2280. The molecule has 36 heteroatoms. The van der Waals surface area contributed by atoms with Gasteiger partial charge in [0, 0.05) is 66.3 Å². The third kappa shape index (κ3) is 16.3. The van der Waals surface area contributed by atoms with E-state index in [9.17, 15) is 51.6 Å². The molecule has 9 saturated heterocycles. The molecule has 464 valence electrons. The van der Waals surface area contributed by atoms with Crippen LogP contribution in [0.4, 0.5) is 24.0 Å². The van der Waals surface area contributed by atoms with E-state index in [1.807, 2.05) is 0 Å². The molecule has 14 amide bonds. The SMILES string of the molecule is COCCONC(=O)[C@@H]1CC[C@@H]2CN1C(=O)N2OC.COCCONC(=O)[C@@H]1CC[C@@H]2CN1C(=O)N2OC.CON1C(=O)N2C[C@H]1CC[C@H]2C(=O)NOCCN1CCNC1=O.CON1C(=O)N2C[C@H]1CC[C@H]2C(=O)NOCCS(C)(=O)=O. The monoisotopic (exact) mass is 1190 g/mol. The number of methoxy groups -OCH3 is 2. The number of carbonyl (C=O) groups excluding carboxylic acids is 9. The molecule has 0 unspecified atom stereocenters. The third-order valence-corrected chi connectivity index (χ3v) is 15.6. The van der Waals surface area contributed by atoms with E-state index < -0.39 is 39.9 Å². The van der Waals surface area contributed by atoms with Gasteiger partial charge < -0.3 is 39.3 Å². The molecular formula is C46H78N14O21S. The minimum absolute atomic E-state index is 0.00569. The molecule has 9 rings (SSSR count). The van der Waals surface area contributed by atoms with Crippen LogP contribution in [0.15, 0.2) is 0 Å². The van der Waals surface area contributed by atoms with Gasteiger partial charge in [-0.15, -0.1) is 0 Å². The first-order valence-corrected chi connectivity index (χ1v) is 28.8. The number of ether oxygens (including phenoxy) is 2. The maximum absolute atomic E-state index is 12.2. The summed E-state index contributed by atoms with van der Waals surface area (Å²) in [6, 6.07) is -3.38. The highest BCUT2D eigenvalue weighted by Crippen LogP contribution is 2.33. The molecule has 9 aliphatic rings. The lowest BCUT2D eigenvalue weighted by atomic mass is 10.0. The fourth-order valence-electron chi connectivity index (χ4n) is 10.6. The zero-order valence-electron chi connectivity index (χ0n) is 47.2. The molecule has 0 radical (unpaired) electrons. The van der Waals surface area contributed by atoms with Gasteiger partial charge in [-0.1, -0.05) is 0 Å². The zero-order chi connectivity index (χ0) is 59.7. The molecule has 0 aromatic carbocycles. The molecule has 0 spiro atoms. The number of nitrogens with zero attached hydrogens (tertiary/aromatic N) is 9. The number of rotatable bonds is 24. The van der Waals surface area contributed by atoms with Crippen molar-refractivity contribution in [1.29, 1.82) is 0 Å². The fourth-order valence-corrected chi connectivity index (χ4v) is 11.0. The molecule has 9 heterocycles. The summed E-state index contributed by atoms with van der Waals surface area (Å²) in [6.45, 7) is 5.03. The van der Waals surface area contributed by atoms with Crippen LogP contribution in [0.3, 0.4) is 0 Å². The molecular weight excluding hydrogens is 1120 g/mol. The fraction of sp³-hybridized carbons (Fsp3) is 0.804. The number of sulfone groups is 1. The van der Waals surface area contributed by atoms with E-state index in [4.69, 9.17) is 48.2 Å². The topological polar surface area (TPSA) is 369 Å². The standard InChI is InChI=1S/C13H21N5O5.C11H19N3O6S.2C11H19N3O5/c1-22-18-9-2-3-10(17(8-9)13(18)21)11(19)15-23-7-6-16-5-4-14-12(16)20;1-19-14-8-3-4-9(13(7-8)11(14)16)10(15)12-20-5-6-21(2,17)18;2*1-17-5-6-19-12-10(15)9-4-3-8-7-13(9)11(16)14(8)18-2/h9-10H,2-8H2,1H3,(H,14,20)(H,15,19);8-9H,3-7H2,1-2H3,(H,12,15);2*8-9H,3-7H2,1-2H3,(H,12,15)/t9-,10+;3*8-,9+/m1111/s1. The first-order chi connectivity index (χ1) is 39.3. The largest absolute Gasteiger partial charge is 0.382 e. The van der Waals surface area contributed by atoms with Gasteiger partial charge in [0.05, 0.1) is 98.0 Å². The molecule has 0 aromatic heterocycles. The molecule has 9 aliphatic heterocycles. The highest BCUT2D eigenvalue weighted by atomic mass is 32.2. The summed E-state index contributed by atoms with van der Waals surface area (Å²) in [6.07, 6.45) is 6.24. The summed E-state index contributed by atoms with van der Waals surface area (Å²) in [7, 11) is 5.75. The van der Waals surface area contributed by atoms with Gasteiger partial charge in [0.25, 0.3) is 23.6 Å². The van der Waals surface area contributed by atoms with Crippen LogP contribution in [0.5, 0.6) is 0 Å². The van der Waals surface area contributed by atoms with Crippen LogP contribution >= 0.6 is 0 Å². The number of carbonyl (C=O) groups is 9. The smallest absolute Gasteiger partial charge is 0.345 e. The summed E-state index contributed by atoms with van der Waals surface area (Å²) in [5, 5.41) is 7.95. The van der Waals surface area contributed by atoms with Gasteiger partial charge in [-0.05, 0) is 51.4 Å². The van der Waals surface area contributed by atoms with Crippen LogP contribution < -0.4 is 27.2 Å². The molecule has 35 nitrogen and oxygen atoms in total. The first-order valence-electron chi connectivity index (χ1n) is 26.7. The van der Waals surface area contributed by atoms with Crippen molar-refractivity contribution in [3.8, 4) is 0 Å². The second-order valence-corrected chi connectivity index (χ2v) is 22.1. The summed E-state index contributed by atoms with van der Waals surface area (Å²) >= 11 is 0. The second kappa shape index (κ2) is 30.9. The van der Waals surface area contributed by atoms with Gasteiger partial charge in [0.15, 0.2) is 0 Å². The number of hydroxylamine groups is 12. The van der Waals surface area contributed by atoms with Gasteiger partial charge in [-0.25, -0.2) is 54.3 Å². The second-order valence-electron chi connectivity index (χ2n) is 19.9. The quantitative estimate of drug-likeness (QED) is 0.0470. The predicted molar refractivity (Wildman–Crippen MR) is 276 cm³/mol. The summed E-state index contributed by atoms with van der Waals surface area (Å²) in [5.74, 6) is -1.59. The van der Waals surface area contributed by atoms with E-state index in [2.05, 4.69) is 27.2 Å². The Kier molecular flexibility index (Phi) is 24.5. The highest BCUT2D eigenvalue weighted by Gasteiger charge is 2.51. The molecule has 8 atom stereocenters. The van der Waals surface area contributed by atoms with Crippen LogP contribution in [0.1, 0.15) is 51.4 Å². The number of amides is 14. The predicted octanol–water partition coefficient (Wildman–Crippen LogP) is -3.18. The number of hydrogen-bond acceptors (Lipinski definition) is 21. The Labute approximate surface area is 474 Å². The van der Waals surface area contributed by atoms with E-state index in [0.29, 0.717) is 97.6 Å². The summed E-state index contributed by atoms with van der Waals surface area (Å²) in [4.78, 5) is 155. The van der Waals surface area contributed by atoms with Gasteiger partial charge in [0.1, 0.15) is 34.0 Å². The van der Waals surface area contributed by atoms with Gasteiger partial charge in [0.2, 0.25) is 0 Å². The molecule has 82 heavy (non-hydrogen) atoms. The Balaban J connectivity index is 0.000000176. The number of piperidine rings is 4. The normalized spacial score (nSPS) is 26.0. The van der Waals surface area contributed by atoms with E-state index in [-0.39, 0.29) is 104 Å². The first kappa shape index (κ1) is 64.9. The molecule has 0 aromatic rings. The van der Waals surface area contributed by atoms with E-state index in [1.165, 1.54) is 68.3 Å². The number of nitrogens with one attached hydrogen (secondary N) is 5. The van der Waals surface area contributed by atoms with E-state index >= 15 is 0 Å². The lowest BCUT2D eigenvalue weighted by Crippen LogP contribution is -2.50. The van der Waals surface area contributed by atoms with E-state index in [0.717, 1.165) is 19.1 Å². The van der Waals surface area contributed by atoms with Crippen LogP contribution in [0.25, 0.3) is 0 Å². The minimum atomic E-state index is -3.14.